The van der Waals surface area contributed by atoms with Crippen molar-refractivity contribution >= 4 is 23.1 Å². The van der Waals surface area contributed by atoms with Crippen molar-refractivity contribution in [1.82, 2.24) is 14.5 Å². The first-order valence-corrected chi connectivity index (χ1v) is 8.51. The molecule has 4 heteroatoms. The van der Waals surface area contributed by atoms with Crippen LogP contribution in [0.15, 0.2) is 73.1 Å². The van der Waals surface area contributed by atoms with Gasteiger partial charge in [-0.05, 0) is 20.9 Å². The number of fused-ring (bicyclic) bond motifs is 3. The summed E-state index contributed by atoms with van der Waals surface area (Å²) in [6.45, 7) is 0. The Kier molecular flexibility index (Phi) is 3.28. The zero-order valence-corrected chi connectivity index (χ0v) is 14.3. The van der Waals surface area contributed by atoms with Gasteiger partial charge < -0.3 is 9.13 Å². The van der Waals surface area contributed by atoms with E-state index in [1.807, 2.05) is 16.2 Å². The first-order chi connectivity index (χ1) is 12.8. The molecule has 0 N–H and O–H groups in total. The summed E-state index contributed by atoms with van der Waals surface area (Å²) in [7, 11) is 1.94. The molecule has 2 aromatic heterocycles. The van der Waals surface area contributed by atoms with Crippen LogP contribution in [0.5, 0.6) is 0 Å². The fourth-order valence-electron chi connectivity index (χ4n) is 3.49. The molecule has 4 nitrogen and oxygen atoms in total. The van der Waals surface area contributed by atoms with Crippen LogP contribution in [0, 0.1) is 16.8 Å². The van der Waals surface area contributed by atoms with Crippen molar-refractivity contribution in [3.05, 3.63) is 100 Å². The Hall–Kier alpha value is -3.53. The third-order valence-corrected chi connectivity index (χ3v) is 4.66. The highest BCUT2D eigenvalue weighted by molar-refractivity contribution is 5.64. The molecule has 0 saturated carbocycles. The maximum atomic E-state index is 4.53. The molecule has 0 unspecified atom stereocenters. The van der Waals surface area contributed by atoms with Crippen molar-refractivity contribution in [2.75, 3.05) is 0 Å². The number of hydrogen-bond donors (Lipinski definition) is 0. The lowest BCUT2D eigenvalue weighted by atomic mass is 10.1. The van der Waals surface area contributed by atoms with Gasteiger partial charge in [0.2, 0.25) is 5.65 Å². The summed E-state index contributed by atoms with van der Waals surface area (Å²) in [4.78, 5) is 8.97. The van der Waals surface area contributed by atoms with Crippen molar-refractivity contribution < 1.29 is 4.57 Å². The van der Waals surface area contributed by atoms with Crippen LogP contribution in [0.4, 0.5) is 0 Å². The molecule has 0 saturated heterocycles. The van der Waals surface area contributed by atoms with E-state index in [4.69, 9.17) is 0 Å². The molecule has 0 spiro atoms. The van der Waals surface area contributed by atoms with E-state index in [9.17, 15) is 0 Å². The predicted molar refractivity (Wildman–Crippen MR) is 99.8 cm³/mol. The van der Waals surface area contributed by atoms with Crippen molar-refractivity contribution in [2.45, 2.75) is 0 Å². The number of benzene rings is 2. The number of imidazole rings is 1. The highest BCUT2D eigenvalue weighted by Crippen LogP contribution is 2.06. The molecule has 1 aliphatic carbocycles. The molecule has 1 aliphatic rings. The first kappa shape index (κ1) is 14.8. The Morgan fingerprint density at radius 2 is 1.62 bits per heavy atom. The number of aromatic nitrogens is 4. The third-order valence-electron chi connectivity index (χ3n) is 4.66. The van der Waals surface area contributed by atoms with Crippen molar-refractivity contribution in [3.8, 4) is 0 Å². The molecule has 124 valence electrons. The Morgan fingerprint density at radius 1 is 0.885 bits per heavy atom. The van der Waals surface area contributed by atoms with Crippen LogP contribution < -0.4 is 15.0 Å². The topological polar surface area (TPSA) is 34.6 Å². The highest BCUT2D eigenvalue weighted by Gasteiger charge is 2.10. The van der Waals surface area contributed by atoms with Crippen molar-refractivity contribution in [2.24, 2.45) is 7.05 Å². The number of hydrogen-bond acceptors (Lipinski definition) is 2. The summed E-state index contributed by atoms with van der Waals surface area (Å²) >= 11 is 0. The lowest BCUT2D eigenvalue weighted by Crippen LogP contribution is -2.37. The van der Waals surface area contributed by atoms with E-state index < -0.39 is 0 Å². The summed E-state index contributed by atoms with van der Waals surface area (Å²) in [5.74, 6) is 0. The van der Waals surface area contributed by atoms with E-state index >= 15 is 0 Å². The first-order valence-electron chi connectivity index (χ1n) is 8.51. The summed E-state index contributed by atoms with van der Waals surface area (Å²) < 4.78 is 3.86. The van der Waals surface area contributed by atoms with Crippen LogP contribution in [0.1, 0.15) is 0 Å². The van der Waals surface area contributed by atoms with Gasteiger partial charge in [0.1, 0.15) is 6.20 Å². The molecule has 2 aromatic carbocycles. The quantitative estimate of drug-likeness (QED) is 0.388. The zero-order valence-electron chi connectivity index (χ0n) is 14.3. The Bertz CT molecular complexity index is 1390. The van der Waals surface area contributed by atoms with Crippen molar-refractivity contribution in [3.63, 3.8) is 0 Å². The van der Waals surface area contributed by atoms with Crippen LogP contribution in [-0.4, -0.2) is 14.5 Å². The van der Waals surface area contributed by atoms with E-state index in [1.165, 1.54) is 15.7 Å². The van der Waals surface area contributed by atoms with Crippen LogP contribution in [0.25, 0.3) is 23.1 Å². The van der Waals surface area contributed by atoms with Crippen LogP contribution >= 0.6 is 0 Å². The van der Waals surface area contributed by atoms with Gasteiger partial charge in [0, 0.05) is 12.7 Å². The molecular formula is C22H16N4. The average Bonchev–Trinajstić information content (AvgIpc) is 3.01. The van der Waals surface area contributed by atoms with E-state index in [0.29, 0.717) is 0 Å². The lowest BCUT2D eigenvalue weighted by Gasteiger charge is -2.09. The van der Waals surface area contributed by atoms with Gasteiger partial charge in [0.25, 0.3) is 0 Å². The normalized spacial score (nSPS) is 12.9. The molecule has 5 rings (SSSR count). The van der Waals surface area contributed by atoms with Gasteiger partial charge in [-0.15, -0.1) is 0 Å². The molecule has 2 heterocycles. The SMILES string of the molecule is Cn1[c-][n+](C2=c3ccccc3=c3ccccc3=CC=C2)c2nccnc21. The Morgan fingerprint density at radius 3 is 2.50 bits per heavy atom. The molecule has 0 amide bonds. The summed E-state index contributed by atoms with van der Waals surface area (Å²) in [6, 6.07) is 16.9. The summed E-state index contributed by atoms with van der Waals surface area (Å²) in [6.07, 6.45) is 13.1. The Balaban J connectivity index is 2.04. The predicted octanol–water partition coefficient (Wildman–Crippen LogP) is 1.35. The minimum absolute atomic E-state index is 0.790. The zero-order chi connectivity index (χ0) is 17.5. The number of rotatable bonds is 1. The molecular weight excluding hydrogens is 320 g/mol. The third kappa shape index (κ3) is 2.19. The fourth-order valence-corrected chi connectivity index (χ4v) is 3.49. The van der Waals surface area contributed by atoms with E-state index in [1.54, 1.807) is 12.4 Å². The monoisotopic (exact) mass is 336 g/mol. The standard InChI is InChI=1S/C22H16N4/c1-25-15-26(22-21(25)23-13-14-24-22)20-12-6-8-16-7-2-3-9-17(16)18-10-4-5-11-19(18)20/h2-14H,1H3. The molecule has 0 atom stereocenters. The van der Waals surface area contributed by atoms with E-state index in [0.717, 1.165) is 22.2 Å². The van der Waals surface area contributed by atoms with Gasteiger partial charge in [0.05, 0.1) is 6.20 Å². The second-order valence-corrected chi connectivity index (χ2v) is 6.24. The summed E-state index contributed by atoms with van der Waals surface area (Å²) in [5, 5.41) is 4.77. The largest absolute Gasteiger partial charge is 0.332 e. The maximum Gasteiger partial charge on any atom is 0.202 e. The van der Waals surface area contributed by atoms with Gasteiger partial charge >= 0.3 is 0 Å². The number of aryl methyl sites for hydroxylation is 1. The second-order valence-electron chi connectivity index (χ2n) is 6.24. The van der Waals surface area contributed by atoms with E-state index in [-0.39, 0.29) is 0 Å². The molecule has 26 heavy (non-hydrogen) atoms. The van der Waals surface area contributed by atoms with Gasteiger partial charge in [-0.1, -0.05) is 66.8 Å². The lowest BCUT2D eigenvalue weighted by molar-refractivity contribution is -0.558. The minimum Gasteiger partial charge on any atom is -0.332 e. The smallest absolute Gasteiger partial charge is 0.202 e. The number of nitrogens with zero attached hydrogens (tertiary/aromatic N) is 4. The molecule has 0 bridgehead atoms. The van der Waals surface area contributed by atoms with Gasteiger partial charge in [-0.25, -0.2) is 0 Å². The van der Waals surface area contributed by atoms with Crippen molar-refractivity contribution in [1.29, 1.82) is 0 Å². The minimum atomic E-state index is 0.790. The van der Waals surface area contributed by atoms with E-state index in [2.05, 4.69) is 83.1 Å². The molecule has 0 fully saturated rings. The number of allylic oxidation sites excluding steroid dienone is 2. The average molecular weight is 336 g/mol. The van der Waals surface area contributed by atoms with Gasteiger partial charge in [-0.2, -0.15) is 4.98 Å². The maximum absolute atomic E-state index is 4.53. The fraction of sp³-hybridized carbons (Fsp3) is 0.0455. The Labute approximate surface area is 150 Å². The summed E-state index contributed by atoms with van der Waals surface area (Å²) in [5.41, 5.74) is 2.62. The highest BCUT2D eigenvalue weighted by atomic mass is 15.2. The molecule has 0 aliphatic heterocycles. The van der Waals surface area contributed by atoms with Crippen LogP contribution in [0.2, 0.25) is 0 Å². The van der Waals surface area contributed by atoms with Gasteiger partial charge in [-0.3, -0.25) is 4.98 Å². The molecule has 0 radical (unpaired) electrons. The van der Waals surface area contributed by atoms with Crippen LogP contribution in [0.3, 0.4) is 0 Å². The molecule has 4 aromatic rings. The van der Waals surface area contributed by atoms with Gasteiger partial charge in [0.15, 0.2) is 12.0 Å². The van der Waals surface area contributed by atoms with Crippen LogP contribution in [-0.2, 0) is 7.05 Å². The second kappa shape index (κ2) is 5.77.